The molecule has 0 aliphatic heterocycles. The zero-order valence-electron chi connectivity index (χ0n) is 10.9. The highest BCUT2D eigenvalue weighted by Crippen LogP contribution is 2.17. The molecule has 0 bridgehead atoms. The van der Waals surface area contributed by atoms with Crippen LogP contribution in [0.2, 0.25) is 0 Å². The normalized spacial score (nSPS) is 10.9. The molecule has 0 unspecified atom stereocenters. The molecule has 102 valence electrons. The molecule has 0 saturated carbocycles. The number of halogens is 1. The summed E-state index contributed by atoms with van der Waals surface area (Å²) in [7, 11) is 0. The summed E-state index contributed by atoms with van der Waals surface area (Å²) in [5.41, 5.74) is 1.58. The molecule has 2 heterocycles. The van der Waals surface area contributed by atoms with Crippen molar-refractivity contribution in [2.75, 3.05) is 5.32 Å². The van der Waals surface area contributed by atoms with Gasteiger partial charge < -0.3 is 9.73 Å². The van der Waals surface area contributed by atoms with E-state index in [2.05, 4.69) is 26.3 Å². The molecule has 0 saturated heterocycles. The largest absolute Gasteiger partial charge is 0.472 e. The molecule has 0 atom stereocenters. The number of aromatic nitrogens is 2. The number of hydrogen-bond donors (Lipinski definition) is 1. The molecule has 0 radical (unpaired) electrons. The van der Waals surface area contributed by atoms with E-state index < -0.39 is 0 Å². The van der Waals surface area contributed by atoms with Crippen LogP contribution in [0.3, 0.4) is 0 Å². The molecule has 19 heavy (non-hydrogen) atoms. The van der Waals surface area contributed by atoms with Crippen molar-refractivity contribution in [3.8, 4) is 0 Å². The van der Waals surface area contributed by atoms with Crippen molar-refractivity contribution in [2.45, 2.75) is 26.9 Å². The van der Waals surface area contributed by atoms with Gasteiger partial charge >= 0.3 is 0 Å². The van der Waals surface area contributed by atoms with Crippen LogP contribution in [0.15, 0.2) is 38.5 Å². The Morgan fingerprint density at radius 1 is 1.53 bits per heavy atom. The number of furan rings is 1. The molecule has 1 N–H and O–H groups in total. The van der Waals surface area contributed by atoms with Gasteiger partial charge in [-0.15, -0.1) is 0 Å². The molecule has 2 aromatic heterocycles. The van der Waals surface area contributed by atoms with Crippen molar-refractivity contribution in [2.24, 2.45) is 5.92 Å². The average Bonchev–Trinajstić information content (AvgIpc) is 2.87. The summed E-state index contributed by atoms with van der Waals surface area (Å²) in [6.45, 7) is 5.30. The second kappa shape index (κ2) is 6.06. The predicted molar refractivity (Wildman–Crippen MR) is 77.1 cm³/mol. The average molecular weight is 326 g/mol. The van der Waals surface area contributed by atoms with Gasteiger partial charge in [-0.2, -0.15) is 5.10 Å². The van der Waals surface area contributed by atoms with Crippen LogP contribution in [-0.4, -0.2) is 9.78 Å². The first-order chi connectivity index (χ1) is 9.08. The maximum atomic E-state index is 12.1. The fraction of sp³-hybridized carbons (Fsp3) is 0.385. The van der Waals surface area contributed by atoms with Crippen molar-refractivity contribution in [1.29, 1.82) is 0 Å². The van der Waals surface area contributed by atoms with Gasteiger partial charge in [0.1, 0.15) is 4.47 Å². The van der Waals surface area contributed by atoms with Gasteiger partial charge in [-0.3, -0.25) is 4.79 Å². The quantitative estimate of drug-likeness (QED) is 0.918. The first-order valence-electron chi connectivity index (χ1n) is 6.08. The summed E-state index contributed by atoms with van der Waals surface area (Å²) in [4.78, 5) is 12.1. The van der Waals surface area contributed by atoms with Gasteiger partial charge in [0.05, 0.1) is 24.4 Å². The Kier molecular flexibility index (Phi) is 4.42. The lowest BCUT2D eigenvalue weighted by atomic mass is 10.2. The molecule has 0 amide bonds. The Bertz CT molecular complexity index is 590. The fourth-order valence-corrected chi connectivity index (χ4v) is 2.10. The third kappa shape index (κ3) is 3.47. The van der Waals surface area contributed by atoms with E-state index in [-0.39, 0.29) is 5.56 Å². The number of hydrogen-bond acceptors (Lipinski definition) is 4. The van der Waals surface area contributed by atoms with Crippen molar-refractivity contribution < 1.29 is 4.42 Å². The van der Waals surface area contributed by atoms with Crippen LogP contribution >= 0.6 is 15.9 Å². The highest BCUT2D eigenvalue weighted by Gasteiger charge is 2.09. The third-order valence-electron chi connectivity index (χ3n) is 2.59. The minimum Gasteiger partial charge on any atom is -0.472 e. The van der Waals surface area contributed by atoms with Crippen LogP contribution in [0.5, 0.6) is 0 Å². The lowest BCUT2D eigenvalue weighted by Crippen LogP contribution is -2.26. The molecule has 0 spiro atoms. The van der Waals surface area contributed by atoms with Crippen molar-refractivity contribution in [3.05, 3.63) is 45.2 Å². The molecule has 2 aromatic rings. The van der Waals surface area contributed by atoms with Gasteiger partial charge in [0, 0.05) is 18.7 Å². The van der Waals surface area contributed by atoms with E-state index in [1.807, 2.05) is 19.9 Å². The smallest absolute Gasteiger partial charge is 0.283 e. The highest BCUT2D eigenvalue weighted by molar-refractivity contribution is 9.10. The lowest BCUT2D eigenvalue weighted by molar-refractivity contribution is 0.462. The van der Waals surface area contributed by atoms with E-state index in [4.69, 9.17) is 4.42 Å². The van der Waals surface area contributed by atoms with Crippen molar-refractivity contribution >= 4 is 21.6 Å². The van der Waals surface area contributed by atoms with E-state index in [0.717, 1.165) is 5.56 Å². The SMILES string of the molecule is CC(C)Cn1ncc(NCc2ccoc2)c(Br)c1=O. The van der Waals surface area contributed by atoms with Crippen LogP contribution in [0.1, 0.15) is 19.4 Å². The van der Waals surface area contributed by atoms with Crippen LogP contribution in [-0.2, 0) is 13.1 Å². The Morgan fingerprint density at radius 3 is 2.95 bits per heavy atom. The molecule has 0 aliphatic carbocycles. The maximum absolute atomic E-state index is 12.1. The van der Waals surface area contributed by atoms with Gasteiger partial charge in [-0.1, -0.05) is 13.8 Å². The van der Waals surface area contributed by atoms with Crippen LogP contribution < -0.4 is 10.9 Å². The zero-order chi connectivity index (χ0) is 13.8. The van der Waals surface area contributed by atoms with Gasteiger partial charge in [0.2, 0.25) is 0 Å². The standard InChI is InChI=1S/C13H16BrN3O2/c1-9(2)7-17-13(18)12(14)11(6-16-17)15-5-10-3-4-19-8-10/h3-4,6,8-9,15H,5,7H2,1-2H3. The molecule has 6 heteroatoms. The fourth-order valence-electron chi connectivity index (χ4n) is 1.65. The summed E-state index contributed by atoms with van der Waals surface area (Å²) in [6.07, 6.45) is 4.94. The van der Waals surface area contributed by atoms with Crippen LogP contribution in [0.25, 0.3) is 0 Å². The second-order valence-corrected chi connectivity index (χ2v) is 5.53. The molecule has 2 rings (SSSR count). The van der Waals surface area contributed by atoms with Crippen molar-refractivity contribution in [1.82, 2.24) is 9.78 Å². The minimum absolute atomic E-state index is 0.120. The molecular formula is C13H16BrN3O2. The van der Waals surface area contributed by atoms with Crippen LogP contribution in [0, 0.1) is 5.92 Å². The van der Waals surface area contributed by atoms with Gasteiger partial charge in [-0.25, -0.2) is 4.68 Å². The Labute approximate surface area is 119 Å². The third-order valence-corrected chi connectivity index (χ3v) is 3.35. The number of rotatable bonds is 5. The minimum atomic E-state index is -0.120. The first-order valence-corrected chi connectivity index (χ1v) is 6.87. The van der Waals surface area contributed by atoms with E-state index in [9.17, 15) is 4.79 Å². The number of anilines is 1. The molecule has 5 nitrogen and oxygen atoms in total. The Hall–Kier alpha value is -1.56. The lowest BCUT2D eigenvalue weighted by Gasteiger charge is -2.11. The topological polar surface area (TPSA) is 60.1 Å². The predicted octanol–water partition coefficient (Wildman–Crippen LogP) is 2.87. The zero-order valence-corrected chi connectivity index (χ0v) is 12.5. The van der Waals surface area contributed by atoms with Gasteiger partial charge in [0.25, 0.3) is 5.56 Å². The summed E-state index contributed by atoms with van der Waals surface area (Å²) >= 11 is 3.33. The highest BCUT2D eigenvalue weighted by atomic mass is 79.9. The summed E-state index contributed by atoms with van der Waals surface area (Å²) in [6, 6.07) is 1.87. The number of nitrogens with one attached hydrogen (secondary N) is 1. The molecule has 0 aliphatic rings. The summed E-state index contributed by atoms with van der Waals surface area (Å²) < 4.78 is 6.96. The van der Waals surface area contributed by atoms with Gasteiger partial charge in [-0.05, 0) is 27.9 Å². The monoisotopic (exact) mass is 325 g/mol. The van der Waals surface area contributed by atoms with E-state index >= 15 is 0 Å². The summed E-state index contributed by atoms with van der Waals surface area (Å²) in [5.74, 6) is 0.377. The molecule has 0 fully saturated rings. The van der Waals surface area contributed by atoms with Crippen LogP contribution in [0.4, 0.5) is 5.69 Å². The molecular weight excluding hydrogens is 310 g/mol. The second-order valence-electron chi connectivity index (χ2n) is 4.74. The van der Waals surface area contributed by atoms with E-state index in [1.165, 1.54) is 4.68 Å². The maximum Gasteiger partial charge on any atom is 0.283 e. The first kappa shape index (κ1) is 13.9. The summed E-state index contributed by atoms with van der Waals surface area (Å²) in [5, 5.41) is 7.32. The molecule has 0 aromatic carbocycles. The van der Waals surface area contributed by atoms with Crippen molar-refractivity contribution in [3.63, 3.8) is 0 Å². The Morgan fingerprint density at radius 2 is 2.32 bits per heavy atom. The van der Waals surface area contributed by atoms with Gasteiger partial charge in [0.15, 0.2) is 0 Å². The number of nitrogens with zero attached hydrogens (tertiary/aromatic N) is 2. The van der Waals surface area contributed by atoms with E-state index in [1.54, 1.807) is 18.7 Å². The Balaban J connectivity index is 2.14. The van der Waals surface area contributed by atoms with E-state index in [0.29, 0.717) is 29.2 Å².